The van der Waals surface area contributed by atoms with Crippen LogP contribution in [-0.4, -0.2) is 25.7 Å². The fourth-order valence-electron chi connectivity index (χ4n) is 2.33. The zero-order valence-corrected chi connectivity index (χ0v) is 10.2. The fraction of sp³-hybridized carbons (Fsp3) is 0.231. The molecular formula is C13H12N2O4. The second kappa shape index (κ2) is 4.31. The minimum absolute atomic E-state index is 0.104. The van der Waals surface area contributed by atoms with Crippen LogP contribution in [0.2, 0.25) is 0 Å². The summed E-state index contributed by atoms with van der Waals surface area (Å²) >= 11 is 0. The molecule has 0 saturated carbocycles. The molecule has 0 bridgehead atoms. The largest absolute Gasteiger partial charge is 0.496 e. The molecular weight excluding hydrogens is 248 g/mol. The Kier molecular flexibility index (Phi) is 2.63. The number of cyclic esters (lactones) is 1. The Morgan fingerprint density at radius 2 is 2.11 bits per heavy atom. The number of carbonyl (C=O) groups excluding carboxylic acids is 2. The molecule has 3 rings (SSSR count). The highest BCUT2D eigenvalue weighted by Crippen LogP contribution is 2.35. The number of para-hydroxylation sites is 1. The second-order valence-corrected chi connectivity index (χ2v) is 4.24. The minimum Gasteiger partial charge on any atom is -0.496 e. The molecule has 1 aromatic rings. The lowest BCUT2D eigenvalue weighted by atomic mass is 9.95. The highest BCUT2D eigenvalue weighted by molar-refractivity contribution is 5.97. The first-order chi connectivity index (χ1) is 9.20. The molecule has 2 aliphatic heterocycles. The average molecular weight is 260 g/mol. The number of hydrogen-bond acceptors (Lipinski definition) is 4. The van der Waals surface area contributed by atoms with Crippen LogP contribution < -0.4 is 15.4 Å². The SMILES string of the molecule is COc1ccccc1C1NC(=O)NC2=C1C(=O)OC2. The van der Waals surface area contributed by atoms with Gasteiger partial charge in [-0.05, 0) is 6.07 Å². The maximum Gasteiger partial charge on any atom is 0.338 e. The second-order valence-electron chi connectivity index (χ2n) is 4.24. The van der Waals surface area contributed by atoms with Crippen LogP contribution in [0.5, 0.6) is 5.75 Å². The van der Waals surface area contributed by atoms with Gasteiger partial charge in [0, 0.05) is 5.56 Å². The van der Waals surface area contributed by atoms with Crippen LogP contribution in [0.4, 0.5) is 4.79 Å². The summed E-state index contributed by atoms with van der Waals surface area (Å²) in [7, 11) is 1.55. The van der Waals surface area contributed by atoms with E-state index in [9.17, 15) is 9.59 Å². The highest BCUT2D eigenvalue weighted by Gasteiger charge is 2.38. The normalized spacial score (nSPS) is 21.4. The predicted octanol–water partition coefficient (Wildman–Crippen LogP) is 0.860. The summed E-state index contributed by atoms with van der Waals surface area (Å²) in [6.07, 6.45) is 0. The molecule has 6 heteroatoms. The number of esters is 1. The molecule has 2 amide bonds. The van der Waals surface area contributed by atoms with Crippen molar-refractivity contribution in [3.05, 3.63) is 41.1 Å². The molecule has 6 nitrogen and oxygen atoms in total. The first kappa shape index (κ1) is 11.6. The lowest BCUT2D eigenvalue weighted by Gasteiger charge is -2.25. The van der Waals surface area contributed by atoms with Crippen LogP contribution in [-0.2, 0) is 9.53 Å². The maximum absolute atomic E-state index is 11.8. The van der Waals surface area contributed by atoms with Crippen molar-refractivity contribution in [2.75, 3.05) is 13.7 Å². The van der Waals surface area contributed by atoms with E-state index in [4.69, 9.17) is 9.47 Å². The summed E-state index contributed by atoms with van der Waals surface area (Å²) < 4.78 is 10.2. The van der Waals surface area contributed by atoms with E-state index in [2.05, 4.69) is 10.6 Å². The molecule has 0 aliphatic carbocycles. The van der Waals surface area contributed by atoms with Crippen molar-refractivity contribution in [1.82, 2.24) is 10.6 Å². The van der Waals surface area contributed by atoms with Crippen molar-refractivity contribution in [2.24, 2.45) is 0 Å². The van der Waals surface area contributed by atoms with Gasteiger partial charge in [-0.15, -0.1) is 0 Å². The molecule has 0 spiro atoms. The zero-order valence-electron chi connectivity index (χ0n) is 10.2. The zero-order chi connectivity index (χ0) is 13.4. The van der Waals surface area contributed by atoms with Gasteiger partial charge < -0.3 is 20.1 Å². The summed E-state index contributed by atoms with van der Waals surface area (Å²) in [6.45, 7) is 0.104. The van der Waals surface area contributed by atoms with Crippen molar-refractivity contribution in [1.29, 1.82) is 0 Å². The molecule has 1 unspecified atom stereocenters. The first-order valence-electron chi connectivity index (χ1n) is 5.81. The number of hydrogen-bond donors (Lipinski definition) is 2. The van der Waals surface area contributed by atoms with Gasteiger partial charge in [-0.1, -0.05) is 18.2 Å². The number of methoxy groups -OCH3 is 1. The highest BCUT2D eigenvalue weighted by atomic mass is 16.5. The number of benzene rings is 1. The fourth-order valence-corrected chi connectivity index (χ4v) is 2.33. The van der Waals surface area contributed by atoms with Gasteiger partial charge in [-0.2, -0.15) is 0 Å². The Morgan fingerprint density at radius 3 is 2.89 bits per heavy atom. The van der Waals surface area contributed by atoms with Crippen LogP contribution >= 0.6 is 0 Å². The van der Waals surface area contributed by atoms with Gasteiger partial charge in [-0.25, -0.2) is 9.59 Å². The molecule has 1 aromatic carbocycles. The molecule has 19 heavy (non-hydrogen) atoms. The van der Waals surface area contributed by atoms with Gasteiger partial charge in [0.15, 0.2) is 0 Å². The third-order valence-corrected chi connectivity index (χ3v) is 3.17. The van der Waals surface area contributed by atoms with E-state index in [0.717, 1.165) is 5.56 Å². The van der Waals surface area contributed by atoms with E-state index in [1.165, 1.54) is 0 Å². The lowest BCUT2D eigenvalue weighted by Crippen LogP contribution is -2.44. The summed E-state index contributed by atoms with van der Waals surface area (Å²) in [5, 5.41) is 5.31. The number of ether oxygens (including phenoxy) is 2. The Bertz CT molecular complexity index is 594. The Labute approximate surface area is 109 Å². The Balaban J connectivity index is 2.10. The summed E-state index contributed by atoms with van der Waals surface area (Å²) in [6, 6.07) is 6.35. The molecule has 2 N–H and O–H groups in total. The van der Waals surface area contributed by atoms with E-state index in [-0.39, 0.29) is 12.6 Å². The van der Waals surface area contributed by atoms with E-state index < -0.39 is 12.0 Å². The number of urea groups is 1. The smallest absolute Gasteiger partial charge is 0.338 e. The molecule has 98 valence electrons. The molecule has 2 heterocycles. The maximum atomic E-state index is 11.8. The third-order valence-electron chi connectivity index (χ3n) is 3.17. The van der Waals surface area contributed by atoms with Crippen molar-refractivity contribution in [2.45, 2.75) is 6.04 Å². The number of carbonyl (C=O) groups is 2. The van der Waals surface area contributed by atoms with Crippen LogP contribution in [0.3, 0.4) is 0 Å². The molecule has 0 saturated heterocycles. The minimum atomic E-state index is -0.546. The van der Waals surface area contributed by atoms with Crippen LogP contribution in [0.1, 0.15) is 11.6 Å². The number of rotatable bonds is 2. The quantitative estimate of drug-likeness (QED) is 0.773. The average Bonchev–Trinajstić information content (AvgIpc) is 2.79. The predicted molar refractivity (Wildman–Crippen MR) is 65.4 cm³/mol. The van der Waals surface area contributed by atoms with Crippen molar-refractivity contribution >= 4 is 12.0 Å². The van der Waals surface area contributed by atoms with Gasteiger partial charge >= 0.3 is 12.0 Å². The number of amides is 2. The van der Waals surface area contributed by atoms with Gasteiger partial charge in [0.2, 0.25) is 0 Å². The first-order valence-corrected chi connectivity index (χ1v) is 5.81. The number of nitrogens with one attached hydrogen (secondary N) is 2. The topological polar surface area (TPSA) is 76.7 Å². The van der Waals surface area contributed by atoms with Crippen LogP contribution in [0, 0.1) is 0 Å². The van der Waals surface area contributed by atoms with E-state index in [1.54, 1.807) is 13.2 Å². The summed E-state index contributed by atoms with van der Waals surface area (Å²) in [5.41, 5.74) is 1.68. The van der Waals surface area contributed by atoms with E-state index >= 15 is 0 Å². The Morgan fingerprint density at radius 1 is 1.32 bits per heavy atom. The van der Waals surface area contributed by atoms with Crippen molar-refractivity contribution in [3.63, 3.8) is 0 Å². The molecule has 0 fully saturated rings. The third kappa shape index (κ3) is 1.81. The van der Waals surface area contributed by atoms with Gasteiger partial charge in [0.25, 0.3) is 0 Å². The van der Waals surface area contributed by atoms with Gasteiger partial charge in [-0.3, -0.25) is 0 Å². The van der Waals surface area contributed by atoms with Crippen LogP contribution in [0.15, 0.2) is 35.5 Å². The van der Waals surface area contributed by atoms with Gasteiger partial charge in [0.05, 0.1) is 24.4 Å². The van der Waals surface area contributed by atoms with Crippen molar-refractivity contribution < 1.29 is 19.1 Å². The lowest BCUT2D eigenvalue weighted by molar-refractivity contribution is -0.136. The van der Waals surface area contributed by atoms with E-state index in [0.29, 0.717) is 17.0 Å². The van der Waals surface area contributed by atoms with Gasteiger partial charge in [0.1, 0.15) is 12.4 Å². The van der Waals surface area contributed by atoms with E-state index in [1.807, 2.05) is 18.2 Å². The van der Waals surface area contributed by atoms with Crippen LogP contribution in [0.25, 0.3) is 0 Å². The van der Waals surface area contributed by atoms with Crippen molar-refractivity contribution in [3.8, 4) is 5.75 Å². The molecule has 2 aliphatic rings. The molecule has 1 atom stereocenters. The molecule has 0 aromatic heterocycles. The standard InChI is InChI=1S/C13H12N2O4/c1-18-9-5-3-2-4-7(9)11-10-8(6-19-12(10)16)14-13(17)15-11/h2-5,11H,6H2,1H3,(H2,14,15,17). The monoisotopic (exact) mass is 260 g/mol. The molecule has 0 radical (unpaired) electrons. The Hall–Kier alpha value is -2.50. The summed E-state index contributed by atoms with van der Waals surface area (Å²) in [4.78, 5) is 23.4. The summed E-state index contributed by atoms with van der Waals surface area (Å²) in [5.74, 6) is 0.194.